The fraction of sp³-hybridized carbons (Fsp3) is 0.424. The van der Waals surface area contributed by atoms with Crippen LogP contribution < -0.4 is 4.90 Å². The van der Waals surface area contributed by atoms with Crippen molar-refractivity contribution in [2.24, 2.45) is 0 Å². The van der Waals surface area contributed by atoms with Gasteiger partial charge >= 0.3 is 0 Å². The first-order valence-corrected chi connectivity index (χ1v) is 13.5. The maximum atomic E-state index is 2.48. The third kappa shape index (κ3) is 4.44. The second kappa shape index (κ2) is 10.0. The van der Waals surface area contributed by atoms with E-state index in [-0.39, 0.29) is 10.8 Å². The third-order valence-electron chi connectivity index (χ3n) is 7.96. The molecule has 0 aromatic heterocycles. The first kappa shape index (κ1) is 25.2. The highest BCUT2D eigenvalue weighted by atomic mass is 15.2. The summed E-state index contributed by atoms with van der Waals surface area (Å²) in [6, 6.07) is 17.7. The molecule has 2 heteroatoms. The van der Waals surface area contributed by atoms with Crippen molar-refractivity contribution < 1.29 is 4.58 Å². The van der Waals surface area contributed by atoms with Gasteiger partial charge in [0, 0.05) is 41.1 Å². The number of para-hydroxylation sites is 2. The van der Waals surface area contributed by atoms with E-state index >= 15 is 0 Å². The van der Waals surface area contributed by atoms with Gasteiger partial charge in [0.25, 0.3) is 0 Å². The minimum atomic E-state index is 0.00549. The Morgan fingerprint density at radius 3 is 2.26 bits per heavy atom. The summed E-state index contributed by atoms with van der Waals surface area (Å²) >= 11 is 0. The molecule has 0 amide bonds. The van der Waals surface area contributed by atoms with Crippen LogP contribution in [0.3, 0.4) is 0 Å². The Bertz CT molecular complexity index is 1200. The summed E-state index contributed by atoms with van der Waals surface area (Å²) in [7, 11) is 0. The van der Waals surface area contributed by atoms with Crippen LogP contribution in [0.5, 0.6) is 0 Å². The molecule has 0 unspecified atom stereocenters. The highest BCUT2D eigenvalue weighted by Crippen LogP contribution is 2.47. The quantitative estimate of drug-likeness (QED) is 0.279. The maximum absolute atomic E-state index is 2.48. The fourth-order valence-electron chi connectivity index (χ4n) is 5.94. The van der Waals surface area contributed by atoms with Crippen LogP contribution in [-0.4, -0.2) is 23.4 Å². The normalized spacial score (nSPS) is 19.7. The number of benzene rings is 2. The van der Waals surface area contributed by atoms with Crippen LogP contribution in [0.15, 0.2) is 84.1 Å². The lowest BCUT2D eigenvalue weighted by molar-refractivity contribution is -0.433. The smallest absolute Gasteiger partial charge is 0.209 e. The predicted octanol–water partition coefficient (Wildman–Crippen LogP) is 8.46. The molecule has 0 spiro atoms. The van der Waals surface area contributed by atoms with Crippen LogP contribution in [-0.2, 0) is 10.8 Å². The van der Waals surface area contributed by atoms with Crippen LogP contribution in [0.25, 0.3) is 0 Å². The van der Waals surface area contributed by atoms with E-state index in [1.54, 1.807) is 0 Å². The number of unbranched alkanes of at least 4 members (excludes halogenated alkanes) is 1. The van der Waals surface area contributed by atoms with Crippen molar-refractivity contribution >= 4 is 17.1 Å². The summed E-state index contributed by atoms with van der Waals surface area (Å²) in [5.74, 6) is 0. The molecule has 0 N–H and O–H groups in total. The maximum Gasteiger partial charge on any atom is 0.209 e. The summed E-state index contributed by atoms with van der Waals surface area (Å²) in [5, 5.41) is 0. The van der Waals surface area contributed by atoms with Crippen molar-refractivity contribution in [1.82, 2.24) is 0 Å². The van der Waals surface area contributed by atoms with Gasteiger partial charge in [-0.3, -0.25) is 0 Å². The van der Waals surface area contributed by atoms with Crippen LogP contribution in [0, 0.1) is 0 Å². The van der Waals surface area contributed by atoms with E-state index < -0.39 is 0 Å². The van der Waals surface area contributed by atoms with Crippen LogP contribution >= 0.6 is 0 Å². The first-order chi connectivity index (χ1) is 16.8. The van der Waals surface area contributed by atoms with Crippen molar-refractivity contribution in [2.45, 2.75) is 78.6 Å². The molecule has 2 heterocycles. The largest absolute Gasteiger partial charge is 0.344 e. The number of likely N-dealkylation sites (N-methyl/N-ethyl adjacent to an activating group) is 1. The van der Waals surface area contributed by atoms with Crippen molar-refractivity contribution in [1.29, 1.82) is 0 Å². The lowest BCUT2D eigenvalue weighted by atomic mass is 9.81. The number of anilines is 1. The van der Waals surface area contributed by atoms with Crippen molar-refractivity contribution in [2.75, 3.05) is 18.0 Å². The van der Waals surface area contributed by atoms with Gasteiger partial charge in [-0.05, 0) is 63.8 Å². The zero-order valence-electron chi connectivity index (χ0n) is 22.9. The Morgan fingerprint density at radius 1 is 0.886 bits per heavy atom. The summed E-state index contributed by atoms with van der Waals surface area (Å²) in [6.45, 7) is 18.2. The summed E-state index contributed by atoms with van der Waals surface area (Å²) < 4.78 is 2.48. The molecular weight excluding hydrogens is 424 g/mol. The van der Waals surface area contributed by atoms with Gasteiger partial charge in [-0.1, -0.05) is 75.7 Å². The van der Waals surface area contributed by atoms with Gasteiger partial charge in [-0.15, -0.1) is 0 Å². The number of fused-ring (bicyclic) bond motifs is 2. The fourth-order valence-corrected chi connectivity index (χ4v) is 5.94. The second-order valence-corrected chi connectivity index (χ2v) is 10.9. The molecule has 0 aliphatic carbocycles. The molecule has 184 valence electrons. The first-order valence-electron chi connectivity index (χ1n) is 13.5. The van der Waals surface area contributed by atoms with Crippen LogP contribution in [0.1, 0.15) is 78.9 Å². The minimum absolute atomic E-state index is 0.00549. The van der Waals surface area contributed by atoms with Gasteiger partial charge in [0.15, 0.2) is 5.71 Å². The monoisotopic (exact) mass is 467 g/mol. The molecule has 0 atom stereocenters. The molecule has 2 aromatic rings. The van der Waals surface area contributed by atoms with E-state index in [4.69, 9.17) is 0 Å². The van der Waals surface area contributed by atoms with Crippen LogP contribution in [0.2, 0.25) is 0 Å². The Balaban J connectivity index is 1.72. The highest BCUT2D eigenvalue weighted by molar-refractivity contribution is 6.03. The predicted molar refractivity (Wildman–Crippen MR) is 152 cm³/mol. The number of rotatable bonds is 8. The van der Waals surface area contributed by atoms with E-state index in [1.807, 2.05) is 0 Å². The molecule has 4 rings (SSSR count). The Labute approximate surface area is 213 Å². The SMILES string of the molecule is CCCCC(/C=C/C1=[N+](CC)c2ccccc2C1(C)C)=C\C=C1\N(CC)c2ccccc2C1(C)C. The Kier molecular flexibility index (Phi) is 7.22. The molecule has 35 heavy (non-hydrogen) atoms. The van der Waals surface area contributed by atoms with E-state index in [0.29, 0.717) is 0 Å². The number of allylic oxidation sites excluding steroid dienone is 6. The van der Waals surface area contributed by atoms with Gasteiger partial charge < -0.3 is 4.90 Å². The summed E-state index contributed by atoms with van der Waals surface area (Å²) in [5.41, 5.74) is 9.74. The molecule has 2 aliphatic rings. The second-order valence-electron chi connectivity index (χ2n) is 10.9. The average Bonchev–Trinajstić information content (AvgIpc) is 3.21. The minimum Gasteiger partial charge on any atom is -0.344 e. The van der Waals surface area contributed by atoms with Gasteiger partial charge in [0.1, 0.15) is 6.54 Å². The molecule has 0 bridgehead atoms. The standard InChI is InChI=1S/C33H43N2/c1-8-11-16-25(21-23-30-32(4,5)26-17-12-14-19-28(26)34(30)9-2)22-24-31-33(6,7)27-18-13-15-20-29(27)35(31)10-3/h12-15,17-24H,8-11,16H2,1-7H3/q+1. The Hall–Kier alpha value is -2.87. The Morgan fingerprint density at radius 2 is 1.57 bits per heavy atom. The van der Waals surface area contributed by atoms with Gasteiger partial charge in [-0.25, -0.2) is 0 Å². The highest BCUT2D eigenvalue weighted by Gasteiger charge is 2.43. The molecule has 2 aromatic carbocycles. The van der Waals surface area contributed by atoms with Crippen LogP contribution in [0.4, 0.5) is 11.4 Å². The molecular formula is C33H43N2+. The van der Waals surface area contributed by atoms with E-state index in [1.165, 1.54) is 52.3 Å². The molecule has 0 saturated carbocycles. The summed E-state index contributed by atoms with van der Waals surface area (Å²) in [6.07, 6.45) is 13.0. The molecule has 2 aliphatic heterocycles. The molecule has 2 nitrogen and oxygen atoms in total. The van der Waals surface area contributed by atoms with E-state index in [9.17, 15) is 0 Å². The lowest BCUT2D eigenvalue weighted by Crippen LogP contribution is -2.27. The van der Waals surface area contributed by atoms with Crippen molar-refractivity contribution in [3.05, 3.63) is 95.2 Å². The average molecular weight is 468 g/mol. The molecule has 0 saturated heterocycles. The summed E-state index contributed by atoms with van der Waals surface area (Å²) in [4.78, 5) is 2.48. The van der Waals surface area contributed by atoms with Crippen molar-refractivity contribution in [3.63, 3.8) is 0 Å². The van der Waals surface area contributed by atoms with Gasteiger partial charge in [0.05, 0.1) is 5.41 Å². The van der Waals surface area contributed by atoms with E-state index in [2.05, 4.69) is 131 Å². The van der Waals surface area contributed by atoms with Crippen molar-refractivity contribution in [3.8, 4) is 0 Å². The number of hydrogen-bond acceptors (Lipinski definition) is 1. The third-order valence-corrected chi connectivity index (χ3v) is 7.96. The zero-order chi connectivity index (χ0) is 25.2. The molecule has 0 radical (unpaired) electrons. The zero-order valence-corrected chi connectivity index (χ0v) is 22.9. The lowest BCUT2D eigenvalue weighted by Gasteiger charge is -2.26. The number of nitrogens with zero attached hydrogens (tertiary/aromatic N) is 2. The molecule has 0 fully saturated rings. The van der Waals surface area contributed by atoms with Gasteiger partial charge in [-0.2, -0.15) is 4.58 Å². The number of hydrogen-bond donors (Lipinski definition) is 0. The van der Waals surface area contributed by atoms with E-state index in [0.717, 1.165) is 19.5 Å². The van der Waals surface area contributed by atoms with Gasteiger partial charge in [0.2, 0.25) is 5.69 Å². The topological polar surface area (TPSA) is 6.25 Å².